The van der Waals surface area contributed by atoms with Gasteiger partial charge in [-0.15, -0.1) is 0 Å². The van der Waals surface area contributed by atoms with Crippen molar-refractivity contribution in [2.45, 2.75) is 44.4 Å². The molecular formula is C16H23NO3. The number of ether oxygens (including phenoxy) is 1. The monoisotopic (exact) mass is 277 g/mol. The highest BCUT2D eigenvalue weighted by Crippen LogP contribution is 2.23. The average molecular weight is 277 g/mol. The number of hydrogen-bond acceptors (Lipinski definition) is 3. The van der Waals surface area contributed by atoms with E-state index < -0.39 is 6.10 Å². The van der Waals surface area contributed by atoms with E-state index in [1.807, 2.05) is 24.3 Å². The third-order valence-corrected chi connectivity index (χ3v) is 4.00. The van der Waals surface area contributed by atoms with Crippen molar-refractivity contribution in [1.82, 2.24) is 4.90 Å². The van der Waals surface area contributed by atoms with Gasteiger partial charge in [-0.2, -0.15) is 0 Å². The average Bonchev–Trinajstić information content (AvgIpc) is 2.47. The summed E-state index contributed by atoms with van der Waals surface area (Å²) in [5.74, 6) is -0.0334. The van der Waals surface area contributed by atoms with Crippen molar-refractivity contribution in [2.75, 3.05) is 14.2 Å². The van der Waals surface area contributed by atoms with Gasteiger partial charge < -0.3 is 14.7 Å². The van der Waals surface area contributed by atoms with Crippen LogP contribution in [0.25, 0.3) is 0 Å². The molecule has 0 radical (unpaired) electrons. The first-order valence-electron chi connectivity index (χ1n) is 7.16. The SMILES string of the molecule is COCc1cccc(C(=O)N(C)C2CCCCC2O)c1. The lowest BCUT2D eigenvalue weighted by Gasteiger charge is -2.35. The van der Waals surface area contributed by atoms with Gasteiger partial charge in [0.25, 0.3) is 5.91 Å². The van der Waals surface area contributed by atoms with Crippen molar-refractivity contribution in [2.24, 2.45) is 0 Å². The number of likely N-dealkylation sites (N-methyl/N-ethyl adjacent to an activating group) is 1. The molecule has 4 nitrogen and oxygen atoms in total. The van der Waals surface area contributed by atoms with Gasteiger partial charge in [0.05, 0.1) is 18.8 Å². The highest BCUT2D eigenvalue weighted by molar-refractivity contribution is 5.94. The van der Waals surface area contributed by atoms with Gasteiger partial charge >= 0.3 is 0 Å². The van der Waals surface area contributed by atoms with E-state index in [9.17, 15) is 9.90 Å². The van der Waals surface area contributed by atoms with E-state index in [1.165, 1.54) is 0 Å². The molecular weight excluding hydrogens is 254 g/mol. The molecule has 0 aromatic heterocycles. The van der Waals surface area contributed by atoms with Gasteiger partial charge in [0.2, 0.25) is 0 Å². The van der Waals surface area contributed by atoms with Gasteiger partial charge in [-0.3, -0.25) is 4.79 Å². The van der Waals surface area contributed by atoms with Crippen molar-refractivity contribution in [1.29, 1.82) is 0 Å². The summed E-state index contributed by atoms with van der Waals surface area (Å²) in [7, 11) is 3.42. The Morgan fingerprint density at radius 3 is 2.85 bits per heavy atom. The van der Waals surface area contributed by atoms with Crippen LogP contribution in [0.2, 0.25) is 0 Å². The summed E-state index contributed by atoms with van der Waals surface area (Å²) >= 11 is 0. The number of carbonyl (C=O) groups excluding carboxylic acids is 1. The first kappa shape index (κ1) is 15.0. The third-order valence-electron chi connectivity index (χ3n) is 4.00. The van der Waals surface area contributed by atoms with Crippen molar-refractivity contribution in [3.8, 4) is 0 Å². The van der Waals surface area contributed by atoms with Gasteiger partial charge in [0, 0.05) is 19.7 Å². The molecule has 0 aliphatic heterocycles. The van der Waals surface area contributed by atoms with Crippen LogP contribution in [-0.4, -0.2) is 42.2 Å². The van der Waals surface area contributed by atoms with E-state index in [0.717, 1.165) is 31.2 Å². The number of carbonyl (C=O) groups is 1. The first-order valence-corrected chi connectivity index (χ1v) is 7.16. The molecule has 2 atom stereocenters. The van der Waals surface area contributed by atoms with E-state index in [2.05, 4.69) is 0 Å². The van der Waals surface area contributed by atoms with Crippen LogP contribution in [0, 0.1) is 0 Å². The van der Waals surface area contributed by atoms with Crippen molar-refractivity contribution >= 4 is 5.91 Å². The Morgan fingerprint density at radius 1 is 1.40 bits per heavy atom. The van der Waals surface area contributed by atoms with Crippen LogP contribution in [-0.2, 0) is 11.3 Å². The lowest BCUT2D eigenvalue weighted by atomic mass is 9.91. The van der Waals surface area contributed by atoms with Crippen molar-refractivity contribution < 1.29 is 14.6 Å². The molecule has 1 aromatic carbocycles. The van der Waals surface area contributed by atoms with Crippen molar-refractivity contribution in [3.05, 3.63) is 35.4 Å². The van der Waals surface area contributed by atoms with Crippen LogP contribution >= 0.6 is 0 Å². The molecule has 1 fully saturated rings. The standard InChI is InChI=1S/C16H23NO3/c1-17(14-8-3-4-9-15(14)18)16(19)13-7-5-6-12(10-13)11-20-2/h5-7,10,14-15,18H,3-4,8-9,11H2,1-2H3. The van der Waals surface area contributed by atoms with Crippen LogP contribution in [0.5, 0.6) is 0 Å². The number of amides is 1. The molecule has 20 heavy (non-hydrogen) atoms. The Labute approximate surface area is 120 Å². The van der Waals surface area contributed by atoms with Crippen LogP contribution < -0.4 is 0 Å². The molecule has 0 bridgehead atoms. The maximum absolute atomic E-state index is 12.5. The van der Waals surface area contributed by atoms with E-state index >= 15 is 0 Å². The normalized spacial score (nSPS) is 22.6. The second-order valence-corrected chi connectivity index (χ2v) is 5.47. The summed E-state index contributed by atoms with van der Waals surface area (Å²) in [6.45, 7) is 0.497. The van der Waals surface area contributed by atoms with Gasteiger partial charge in [0.15, 0.2) is 0 Å². The number of aliphatic hydroxyl groups is 1. The molecule has 4 heteroatoms. The number of hydrogen-bond donors (Lipinski definition) is 1. The summed E-state index contributed by atoms with van der Waals surface area (Å²) in [6, 6.07) is 7.41. The number of benzene rings is 1. The zero-order chi connectivity index (χ0) is 14.5. The minimum atomic E-state index is -0.403. The van der Waals surface area contributed by atoms with Crippen LogP contribution in [0.3, 0.4) is 0 Å². The summed E-state index contributed by atoms with van der Waals surface area (Å²) in [5, 5.41) is 10.1. The maximum atomic E-state index is 12.5. The third kappa shape index (κ3) is 3.38. The summed E-state index contributed by atoms with van der Waals surface area (Å²) in [4.78, 5) is 14.2. The number of rotatable bonds is 4. The summed E-state index contributed by atoms with van der Waals surface area (Å²) in [5.41, 5.74) is 1.63. The molecule has 110 valence electrons. The fourth-order valence-electron chi connectivity index (χ4n) is 2.86. The Bertz CT molecular complexity index is 461. The van der Waals surface area contributed by atoms with E-state index in [-0.39, 0.29) is 11.9 Å². The predicted octanol–water partition coefficient (Wildman–Crippen LogP) is 2.21. The van der Waals surface area contributed by atoms with Gasteiger partial charge in [0.1, 0.15) is 0 Å². The highest BCUT2D eigenvalue weighted by Gasteiger charge is 2.29. The Morgan fingerprint density at radius 2 is 2.15 bits per heavy atom. The second kappa shape index (κ2) is 6.86. The molecule has 0 heterocycles. The summed E-state index contributed by atoms with van der Waals surface area (Å²) < 4.78 is 5.09. The molecule has 2 rings (SSSR count). The molecule has 0 spiro atoms. The predicted molar refractivity (Wildman–Crippen MR) is 77.5 cm³/mol. The lowest BCUT2D eigenvalue weighted by Crippen LogP contribution is -2.46. The molecule has 1 saturated carbocycles. The molecule has 1 aliphatic rings. The Balaban J connectivity index is 2.11. The van der Waals surface area contributed by atoms with E-state index in [4.69, 9.17) is 4.74 Å². The molecule has 1 aliphatic carbocycles. The van der Waals surface area contributed by atoms with Gasteiger partial charge in [-0.1, -0.05) is 25.0 Å². The molecule has 1 amide bonds. The molecule has 1 N–H and O–H groups in total. The molecule has 1 aromatic rings. The lowest BCUT2D eigenvalue weighted by molar-refractivity contribution is 0.0268. The zero-order valence-electron chi connectivity index (χ0n) is 12.2. The quantitative estimate of drug-likeness (QED) is 0.918. The fraction of sp³-hybridized carbons (Fsp3) is 0.562. The van der Waals surface area contributed by atoms with E-state index in [0.29, 0.717) is 12.2 Å². The molecule has 0 saturated heterocycles. The number of nitrogens with zero attached hydrogens (tertiary/aromatic N) is 1. The fourth-order valence-corrected chi connectivity index (χ4v) is 2.86. The zero-order valence-corrected chi connectivity index (χ0v) is 12.2. The van der Waals surface area contributed by atoms with Crippen LogP contribution in [0.15, 0.2) is 24.3 Å². The van der Waals surface area contributed by atoms with Crippen molar-refractivity contribution in [3.63, 3.8) is 0 Å². The smallest absolute Gasteiger partial charge is 0.253 e. The minimum absolute atomic E-state index is 0.0334. The first-order chi connectivity index (χ1) is 9.63. The maximum Gasteiger partial charge on any atom is 0.253 e. The van der Waals surface area contributed by atoms with E-state index in [1.54, 1.807) is 19.1 Å². The Hall–Kier alpha value is -1.39. The molecule has 2 unspecified atom stereocenters. The van der Waals surface area contributed by atoms with Crippen LogP contribution in [0.4, 0.5) is 0 Å². The Kier molecular flexibility index (Phi) is 5.15. The second-order valence-electron chi connectivity index (χ2n) is 5.47. The van der Waals surface area contributed by atoms with Gasteiger partial charge in [-0.25, -0.2) is 0 Å². The number of aliphatic hydroxyl groups excluding tert-OH is 1. The highest BCUT2D eigenvalue weighted by atomic mass is 16.5. The largest absolute Gasteiger partial charge is 0.391 e. The van der Waals surface area contributed by atoms with Gasteiger partial charge in [-0.05, 0) is 30.5 Å². The summed E-state index contributed by atoms with van der Waals surface area (Å²) in [6.07, 6.45) is 3.37. The number of methoxy groups -OCH3 is 1. The minimum Gasteiger partial charge on any atom is -0.391 e. The topological polar surface area (TPSA) is 49.8 Å². The van der Waals surface area contributed by atoms with Crippen LogP contribution in [0.1, 0.15) is 41.6 Å².